The lowest BCUT2D eigenvalue weighted by atomic mass is 9.99. The zero-order valence-electron chi connectivity index (χ0n) is 14.7. The molecule has 5 rings (SSSR count). The molecule has 0 aliphatic heterocycles. The van der Waals surface area contributed by atoms with Gasteiger partial charge in [0.05, 0.1) is 5.39 Å². The van der Waals surface area contributed by atoms with Crippen molar-refractivity contribution in [1.29, 1.82) is 0 Å². The van der Waals surface area contributed by atoms with Crippen LogP contribution in [-0.4, -0.2) is 20.0 Å². The predicted octanol–water partition coefficient (Wildman–Crippen LogP) is 3.29. The van der Waals surface area contributed by atoms with Crippen molar-refractivity contribution in [3.63, 3.8) is 0 Å². The van der Waals surface area contributed by atoms with E-state index < -0.39 is 5.56 Å². The number of benzene rings is 3. The molecule has 0 bridgehead atoms. The SMILES string of the molecule is O=c1[nH]c2ccccc2c(-c2ccccc2)c1-n1nnc2ccccc2c1=O. The molecule has 0 unspecified atom stereocenters. The van der Waals surface area contributed by atoms with Gasteiger partial charge in [0.1, 0.15) is 11.2 Å². The van der Waals surface area contributed by atoms with Gasteiger partial charge in [-0.2, -0.15) is 4.68 Å². The molecule has 0 atom stereocenters. The Hall–Kier alpha value is -4.06. The normalized spacial score (nSPS) is 11.1. The van der Waals surface area contributed by atoms with Gasteiger partial charge in [-0.05, 0) is 23.8 Å². The fraction of sp³-hybridized carbons (Fsp3) is 0. The van der Waals surface area contributed by atoms with E-state index >= 15 is 0 Å². The third-order valence-electron chi connectivity index (χ3n) is 4.74. The molecule has 0 aliphatic rings. The van der Waals surface area contributed by atoms with Gasteiger partial charge in [-0.15, -0.1) is 5.10 Å². The minimum absolute atomic E-state index is 0.160. The maximum Gasteiger partial charge on any atom is 0.282 e. The largest absolute Gasteiger partial charge is 0.320 e. The molecule has 0 saturated heterocycles. The first-order valence-electron chi connectivity index (χ1n) is 8.79. The fourth-order valence-corrected chi connectivity index (χ4v) is 3.47. The number of hydrogen-bond donors (Lipinski definition) is 1. The molecule has 1 N–H and O–H groups in total. The Morgan fingerprint density at radius 1 is 0.750 bits per heavy atom. The number of H-pyrrole nitrogens is 1. The molecule has 5 aromatic rings. The van der Waals surface area contributed by atoms with Crippen LogP contribution in [0.25, 0.3) is 38.6 Å². The van der Waals surface area contributed by atoms with Crippen molar-refractivity contribution in [3.05, 3.63) is 99.6 Å². The summed E-state index contributed by atoms with van der Waals surface area (Å²) in [6, 6.07) is 24.0. The Bertz CT molecular complexity index is 1450. The van der Waals surface area contributed by atoms with Crippen LogP contribution in [0.3, 0.4) is 0 Å². The smallest absolute Gasteiger partial charge is 0.282 e. The zero-order valence-corrected chi connectivity index (χ0v) is 14.7. The molecule has 0 amide bonds. The van der Waals surface area contributed by atoms with E-state index in [-0.39, 0.29) is 11.2 Å². The second-order valence-corrected chi connectivity index (χ2v) is 6.41. The molecule has 0 aliphatic carbocycles. The summed E-state index contributed by atoms with van der Waals surface area (Å²) in [4.78, 5) is 29.0. The predicted molar refractivity (Wildman–Crippen MR) is 109 cm³/mol. The van der Waals surface area contributed by atoms with Gasteiger partial charge in [0.15, 0.2) is 0 Å². The molecule has 6 nitrogen and oxygen atoms in total. The number of aromatic amines is 1. The first-order valence-corrected chi connectivity index (χ1v) is 8.79. The van der Waals surface area contributed by atoms with E-state index in [0.717, 1.165) is 15.6 Å². The average Bonchev–Trinajstić information content (AvgIpc) is 2.74. The van der Waals surface area contributed by atoms with Gasteiger partial charge in [-0.3, -0.25) is 9.59 Å². The summed E-state index contributed by atoms with van der Waals surface area (Å²) in [6.07, 6.45) is 0. The Morgan fingerprint density at radius 2 is 1.43 bits per heavy atom. The maximum absolute atomic E-state index is 13.1. The van der Waals surface area contributed by atoms with Crippen LogP contribution in [0.4, 0.5) is 0 Å². The zero-order chi connectivity index (χ0) is 19.1. The molecule has 2 heterocycles. The molecular weight excluding hydrogens is 352 g/mol. The Morgan fingerprint density at radius 3 is 2.25 bits per heavy atom. The topological polar surface area (TPSA) is 80.6 Å². The van der Waals surface area contributed by atoms with E-state index in [1.54, 1.807) is 24.3 Å². The van der Waals surface area contributed by atoms with E-state index in [9.17, 15) is 9.59 Å². The Balaban J connectivity index is 1.96. The van der Waals surface area contributed by atoms with Crippen LogP contribution in [0.1, 0.15) is 0 Å². The molecule has 3 aromatic carbocycles. The second-order valence-electron chi connectivity index (χ2n) is 6.41. The number of nitrogens with zero attached hydrogens (tertiary/aromatic N) is 3. The van der Waals surface area contributed by atoms with E-state index in [4.69, 9.17) is 0 Å². The number of rotatable bonds is 2. The summed E-state index contributed by atoms with van der Waals surface area (Å²) in [5, 5.41) is 9.43. The molecule has 28 heavy (non-hydrogen) atoms. The molecule has 134 valence electrons. The summed E-state index contributed by atoms with van der Waals surface area (Å²) in [5.74, 6) is 0. The molecule has 6 heteroatoms. The lowest BCUT2D eigenvalue weighted by Gasteiger charge is -2.13. The second kappa shape index (κ2) is 6.28. The van der Waals surface area contributed by atoms with E-state index in [2.05, 4.69) is 15.3 Å². The van der Waals surface area contributed by atoms with Gasteiger partial charge in [0, 0.05) is 16.5 Å². The van der Waals surface area contributed by atoms with Gasteiger partial charge in [0.25, 0.3) is 11.1 Å². The molecule has 0 saturated carbocycles. The third-order valence-corrected chi connectivity index (χ3v) is 4.74. The number of fused-ring (bicyclic) bond motifs is 2. The minimum atomic E-state index is -0.399. The van der Waals surface area contributed by atoms with Crippen molar-refractivity contribution < 1.29 is 0 Å². The molecule has 0 spiro atoms. The molecule has 2 aromatic heterocycles. The van der Waals surface area contributed by atoms with Crippen LogP contribution in [0.5, 0.6) is 0 Å². The summed E-state index contributed by atoms with van der Waals surface area (Å²) < 4.78 is 1.09. The van der Waals surface area contributed by atoms with Crippen LogP contribution in [0.15, 0.2) is 88.5 Å². The Labute approximate surface area is 158 Å². The first-order chi connectivity index (χ1) is 13.7. The van der Waals surface area contributed by atoms with Crippen molar-refractivity contribution >= 4 is 21.8 Å². The summed E-state index contributed by atoms with van der Waals surface area (Å²) in [6.45, 7) is 0. The number of aromatic nitrogens is 4. The summed E-state index contributed by atoms with van der Waals surface area (Å²) >= 11 is 0. The number of para-hydroxylation sites is 1. The highest BCUT2D eigenvalue weighted by atomic mass is 16.1. The van der Waals surface area contributed by atoms with Gasteiger partial charge in [-0.1, -0.05) is 65.9 Å². The first kappa shape index (κ1) is 16.1. The van der Waals surface area contributed by atoms with Gasteiger partial charge in [0.2, 0.25) is 0 Å². The van der Waals surface area contributed by atoms with Crippen LogP contribution >= 0.6 is 0 Å². The summed E-state index contributed by atoms with van der Waals surface area (Å²) in [7, 11) is 0. The van der Waals surface area contributed by atoms with Crippen LogP contribution in [0.2, 0.25) is 0 Å². The van der Waals surface area contributed by atoms with Gasteiger partial charge in [-0.25, -0.2) is 0 Å². The molecule has 0 radical (unpaired) electrons. The maximum atomic E-state index is 13.1. The quantitative estimate of drug-likeness (QED) is 0.520. The standard InChI is InChI=1S/C22H14N4O2/c27-21-20(26-22(28)16-11-5-7-13-18(16)24-25-26)19(14-8-2-1-3-9-14)15-10-4-6-12-17(15)23-21/h1-13H,(H,23,27). The molecule has 0 fully saturated rings. The minimum Gasteiger partial charge on any atom is -0.320 e. The number of nitrogens with one attached hydrogen (secondary N) is 1. The highest BCUT2D eigenvalue weighted by Crippen LogP contribution is 2.30. The fourth-order valence-electron chi connectivity index (χ4n) is 3.47. The highest BCUT2D eigenvalue weighted by Gasteiger charge is 2.19. The van der Waals surface area contributed by atoms with Crippen LogP contribution in [0, 0.1) is 0 Å². The van der Waals surface area contributed by atoms with Crippen molar-refractivity contribution in [2.24, 2.45) is 0 Å². The third kappa shape index (κ3) is 2.43. The van der Waals surface area contributed by atoms with Gasteiger partial charge < -0.3 is 4.98 Å². The van der Waals surface area contributed by atoms with Gasteiger partial charge >= 0.3 is 0 Å². The lowest BCUT2D eigenvalue weighted by molar-refractivity contribution is 0.732. The highest BCUT2D eigenvalue weighted by molar-refractivity contribution is 5.98. The van der Waals surface area contributed by atoms with E-state index in [0.29, 0.717) is 22.0 Å². The summed E-state index contributed by atoms with van der Waals surface area (Å²) in [5.41, 5.74) is 2.02. The number of hydrogen-bond acceptors (Lipinski definition) is 4. The van der Waals surface area contributed by atoms with E-state index in [1.807, 2.05) is 54.6 Å². The van der Waals surface area contributed by atoms with Crippen molar-refractivity contribution in [3.8, 4) is 16.8 Å². The molecular formula is C22H14N4O2. The van der Waals surface area contributed by atoms with Crippen molar-refractivity contribution in [2.45, 2.75) is 0 Å². The van der Waals surface area contributed by atoms with Crippen molar-refractivity contribution in [2.75, 3.05) is 0 Å². The lowest BCUT2D eigenvalue weighted by Crippen LogP contribution is -2.29. The average molecular weight is 366 g/mol. The van der Waals surface area contributed by atoms with Crippen molar-refractivity contribution in [1.82, 2.24) is 20.0 Å². The van der Waals surface area contributed by atoms with E-state index in [1.165, 1.54) is 0 Å². The Kier molecular flexibility index (Phi) is 3.62. The van der Waals surface area contributed by atoms with Crippen LogP contribution < -0.4 is 11.1 Å². The number of pyridine rings is 1. The van der Waals surface area contributed by atoms with Crippen LogP contribution in [-0.2, 0) is 0 Å². The monoisotopic (exact) mass is 366 g/mol.